The summed E-state index contributed by atoms with van der Waals surface area (Å²) in [7, 11) is -3.47. The van der Waals surface area contributed by atoms with Crippen LogP contribution in [0, 0.1) is 0 Å². The first kappa shape index (κ1) is 11.8. The number of aromatic nitrogens is 2. The summed E-state index contributed by atoms with van der Waals surface area (Å²) in [4.78, 5) is 8.36. The Balaban J connectivity index is 1.83. The molecule has 7 nitrogen and oxygen atoms in total. The molecular weight excluding hydrogens is 268 g/mol. The molecule has 0 fully saturated rings. The van der Waals surface area contributed by atoms with Crippen LogP contribution in [0.2, 0.25) is 0 Å². The largest absolute Gasteiger partial charge is 0.340 e. The molecule has 0 unspecified atom stereocenters. The fourth-order valence-electron chi connectivity index (χ4n) is 1.82. The number of rotatable bonds is 3. The smallest absolute Gasteiger partial charge is 0.263 e. The van der Waals surface area contributed by atoms with Gasteiger partial charge in [0.2, 0.25) is 5.89 Å². The number of nitrogens with zero attached hydrogens (tertiary/aromatic N) is 3. The van der Waals surface area contributed by atoms with Crippen LogP contribution in [0.5, 0.6) is 0 Å². The van der Waals surface area contributed by atoms with Gasteiger partial charge in [-0.15, -0.1) is 0 Å². The lowest BCUT2D eigenvalue weighted by molar-refractivity contribution is 0.379. The van der Waals surface area contributed by atoms with E-state index in [0.717, 1.165) is 0 Å². The minimum absolute atomic E-state index is 0.256. The third-order valence-corrected chi connectivity index (χ3v) is 4.06. The van der Waals surface area contributed by atoms with Gasteiger partial charge in [-0.25, -0.2) is 8.42 Å². The van der Waals surface area contributed by atoms with Crippen LogP contribution in [0.3, 0.4) is 0 Å². The van der Waals surface area contributed by atoms with Crippen LogP contribution in [0.1, 0.15) is 11.5 Å². The number of aliphatic imine (C=N–C) groups is 1. The summed E-state index contributed by atoms with van der Waals surface area (Å²) in [6, 6.07) is 6.73. The van der Waals surface area contributed by atoms with Crippen molar-refractivity contribution >= 4 is 15.9 Å². The van der Waals surface area contributed by atoms with Crippen LogP contribution in [0.25, 0.3) is 0 Å². The predicted octanol–water partition coefficient (Wildman–Crippen LogP) is 0.351. The second-order valence-corrected chi connectivity index (χ2v) is 5.57. The SMILES string of the molecule is O=S1(=O)NC(=NCCc2ncno2)c2ccccc21. The third-order valence-electron chi connectivity index (χ3n) is 2.67. The molecule has 0 saturated heterocycles. The Labute approximate surface area is 109 Å². The lowest BCUT2D eigenvalue weighted by Gasteiger charge is -1.97. The second-order valence-electron chi connectivity index (χ2n) is 3.92. The maximum absolute atomic E-state index is 11.8. The summed E-state index contributed by atoms with van der Waals surface area (Å²) in [5.74, 6) is 0.827. The van der Waals surface area contributed by atoms with Crippen molar-refractivity contribution in [2.75, 3.05) is 6.54 Å². The Kier molecular flexibility index (Phi) is 2.79. The van der Waals surface area contributed by atoms with Gasteiger partial charge < -0.3 is 4.52 Å². The lowest BCUT2D eigenvalue weighted by atomic mass is 10.2. The molecule has 0 spiro atoms. The molecule has 1 aromatic heterocycles. The van der Waals surface area contributed by atoms with Gasteiger partial charge in [0.25, 0.3) is 10.0 Å². The molecule has 0 saturated carbocycles. The topological polar surface area (TPSA) is 97.5 Å². The maximum Gasteiger partial charge on any atom is 0.263 e. The average molecular weight is 278 g/mol. The van der Waals surface area contributed by atoms with E-state index < -0.39 is 10.0 Å². The first-order valence-electron chi connectivity index (χ1n) is 5.59. The van der Waals surface area contributed by atoms with Crippen LogP contribution < -0.4 is 4.72 Å². The summed E-state index contributed by atoms with van der Waals surface area (Å²) in [5, 5.41) is 3.49. The Morgan fingerprint density at radius 2 is 2.16 bits per heavy atom. The number of sulfonamides is 1. The number of benzene rings is 1. The molecule has 0 aliphatic carbocycles. The van der Waals surface area contributed by atoms with Crippen molar-refractivity contribution in [2.24, 2.45) is 4.99 Å². The van der Waals surface area contributed by atoms with Crippen molar-refractivity contribution in [3.05, 3.63) is 42.0 Å². The van der Waals surface area contributed by atoms with Crippen LogP contribution in [-0.4, -0.2) is 30.9 Å². The highest BCUT2D eigenvalue weighted by molar-refractivity contribution is 7.90. The fourth-order valence-corrected chi connectivity index (χ4v) is 3.07. The number of hydrogen-bond donors (Lipinski definition) is 1. The molecule has 0 bridgehead atoms. The molecule has 8 heteroatoms. The normalized spacial score (nSPS) is 18.2. The molecule has 0 amide bonds. The van der Waals surface area contributed by atoms with Gasteiger partial charge in [0.15, 0.2) is 6.33 Å². The highest BCUT2D eigenvalue weighted by Crippen LogP contribution is 2.22. The van der Waals surface area contributed by atoms with Crippen LogP contribution in [0.4, 0.5) is 0 Å². The summed E-state index contributed by atoms with van der Waals surface area (Å²) in [6.07, 6.45) is 1.78. The number of amidine groups is 1. The molecule has 1 aliphatic heterocycles. The van der Waals surface area contributed by atoms with Crippen molar-refractivity contribution in [1.82, 2.24) is 14.9 Å². The number of fused-ring (bicyclic) bond motifs is 1. The van der Waals surface area contributed by atoms with Gasteiger partial charge in [0.1, 0.15) is 5.84 Å². The highest BCUT2D eigenvalue weighted by Gasteiger charge is 2.29. The zero-order chi connectivity index (χ0) is 13.3. The van der Waals surface area contributed by atoms with E-state index in [0.29, 0.717) is 30.3 Å². The maximum atomic E-state index is 11.8. The second kappa shape index (κ2) is 4.47. The number of hydrogen-bond acceptors (Lipinski definition) is 6. The molecule has 1 N–H and O–H groups in total. The van der Waals surface area contributed by atoms with Crippen molar-refractivity contribution in [3.8, 4) is 0 Å². The van der Waals surface area contributed by atoms with Crippen LogP contribution in [-0.2, 0) is 16.4 Å². The van der Waals surface area contributed by atoms with Crippen molar-refractivity contribution in [1.29, 1.82) is 0 Å². The summed E-state index contributed by atoms with van der Waals surface area (Å²) < 4.78 is 30.9. The molecule has 1 aliphatic rings. The summed E-state index contributed by atoms with van der Waals surface area (Å²) in [5.41, 5.74) is 0.591. The van der Waals surface area contributed by atoms with Gasteiger partial charge in [-0.3, -0.25) is 9.71 Å². The van der Waals surface area contributed by atoms with Crippen molar-refractivity contribution < 1.29 is 12.9 Å². The third kappa shape index (κ3) is 2.22. The Hall–Kier alpha value is -2.22. The first-order valence-corrected chi connectivity index (χ1v) is 7.07. The quantitative estimate of drug-likeness (QED) is 0.873. The van der Waals surface area contributed by atoms with Gasteiger partial charge in [0, 0.05) is 12.0 Å². The molecule has 0 radical (unpaired) electrons. The van der Waals surface area contributed by atoms with E-state index in [4.69, 9.17) is 4.52 Å². The molecule has 1 aromatic carbocycles. The van der Waals surface area contributed by atoms with Crippen molar-refractivity contribution in [2.45, 2.75) is 11.3 Å². The van der Waals surface area contributed by atoms with E-state index >= 15 is 0 Å². The molecule has 98 valence electrons. The van der Waals surface area contributed by atoms with Crippen molar-refractivity contribution in [3.63, 3.8) is 0 Å². The van der Waals surface area contributed by atoms with E-state index in [1.807, 2.05) is 0 Å². The molecule has 19 heavy (non-hydrogen) atoms. The zero-order valence-electron chi connectivity index (χ0n) is 9.78. The average Bonchev–Trinajstić information content (AvgIpc) is 2.98. The van der Waals surface area contributed by atoms with Crippen LogP contribution in [0.15, 0.2) is 45.0 Å². The Morgan fingerprint density at radius 3 is 2.95 bits per heavy atom. The number of nitrogens with one attached hydrogen (secondary N) is 1. The monoisotopic (exact) mass is 278 g/mol. The summed E-state index contributed by atoms with van der Waals surface area (Å²) in [6.45, 7) is 0.369. The van der Waals surface area contributed by atoms with Gasteiger partial charge in [-0.1, -0.05) is 17.3 Å². The standard InChI is InChI=1S/C11H10N4O3S/c16-19(17)9-4-2-1-3-8(9)11(15-19)12-6-5-10-13-7-14-18-10/h1-4,7H,5-6H2,(H,12,15). The molecule has 3 rings (SSSR count). The van der Waals surface area contributed by atoms with E-state index in [2.05, 4.69) is 19.9 Å². The van der Waals surface area contributed by atoms with E-state index in [-0.39, 0.29) is 4.90 Å². The van der Waals surface area contributed by atoms with Gasteiger partial charge in [0.05, 0.1) is 11.4 Å². The van der Waals surface area contributed by atoms with Gasteiger partial charge in [-0.05, 0) is 12.1 Å². The van der Waals surface area contributed by atoms with Gasteiger partial charge in [-0.2, -0.15) is 4.98 Å². The Morgan fingerprint density at radius 1 is 1.32 bits per heavy atom. The van der Waals surface area contributed by atoms with Gasteiger partial charge >= 0.3 is 0 Å². The Bertz CT molecular complexity index is 722. The first-order chi connectivity index (χ1) is 9.17. The molecule has 2 heterocycles. The van der Waals surface area contributed by atoms with E-state index in [1.165, 1.54) is 6.33 Å². The predicted molar refractivity (Wildman–Crippen MR) is 66.2 cm³/mol. The molecule has 2 aromatic rings. The zero-order valence-corrected chi connectivity index (χ0v) is 10.6. The lowest BCUT2D eigenvalue weighted by Crippen LogP contribution is -2.22. The molecule has 0 atom stereocenters. The summed E-state index contributed by atoms with van der Waals surface area (Å²) >= 11 is 0. The highest BCUT2D eigenvalue weighted by atomic mass is 32.2. The molecular formula is C11H10N4O3S. The van der Waals surface area contributed by atoms with E-state index in [1.54, 1.807) is 24.3 Å². The van der Waals surface area contributed by atoms with E-state index in [9.17, 15) is 8.42 Å². The minimum atomic E-state index is -3.47. The minimum Gasteiger partial charge on any atom is -0.340 e. The van der Waals surface area contributed by atoms with Crippen LogP contribution >= 0.6 is 0 Å². The fraction of sp³-hybridized carbons (Fsp3) is 0.182.